The van der Waals surface area contributed by atoms with Crippen LogP contribution in [0.2, 0.25) is 0 Å². The van der Waals surface area contributed by atoms with Gasteiger partial charge in [0, 0.05) is 6.54 Å². The van der Waals surface area contributed by atoms with E-state index < -0.39 is 0 Å². The van der Waals surface area contributed by atoms with Crippen molar-refractivity contribution in [2.45, 2.75) is 103 Å². The molecule has 1 amide bonds. The van der Waals surface area contributed by atoms with Crippen molar-refractivity contribution in [1.29, 1.82) is 0 Å². The molecular weight excluding hydrogens is 270 g/mol. The zero-order valence-corrected chi connectivity index (χ0v) is 15.0. The monoisotopic (exact) mass is 309 g/mol. The van der Waals surface area contributed by atoms with Crippen LogP contribution in [-0.4, -0.2) is 12.5 Å². The third-order valence-corrected chi connectivity index (χ3v) is 4.26. The maximum atomic E-state index is 10.9. The van der Waals surface area contributed by atoms with Gasteiger partial charge in [0.25, 0.3) is 0 Å². The standard InChI is InChI=1S/C20H39NO/c1-3-5-6-7-8-9-10-11-12-13-14-15-16-17-18-19-21-20(22)4-2/h4H,2-3,5-19H2,1H3,(H,21,22). The fraction of sp³-hybridized carbons (Fsp3) is 0.850. The van der Waals surface area contributed by atoms with Crippen molar-refractivity contribution in [1.82, 2.24) is 5.32 Å². The van der Waals surface area contributed by atoms with Crippen LogP contribution in [0.5, 0.6) is 0 Å². The average molecular weight is 310 g/mol. The molecular formula is C20H39NO. The predicted molar refractivity (Wildman–Crippen MR) is 98.1 cm³/mol. The molecule has 0 aromatic rings. The van der Waals surface area contributed by atoms with Crippen LogP contribution in [-0.2, 0) is 4.79 Å². The molecule has 1 N–H and O–H groups in total. The van der Waals surface area contributed by atoms with E-state index in [1.54, 1.807) is 0 Å². The minimum Gasteiger partial charge on any atom is -0.353 e. The molecule has 0 saturated carbocycles. The Morgan fingerprint density at radius 3 is 1.45 bits per heavy atom. The highest BCUT2D eigenvalue weighted by atomic mass is 16.1. The second-order valence-electron chi connectivity index (χ2n) is 6.44. The third kappa shape index (κ3) is 17.3. The zero-order valence-electron chi connectivity index (χ0n) is 15.0. The summed E-state index contributed by atoms with van der Waals surface area (Å²) in [6.45, 7) is 6.51. The minimum atomic E-state index is -0.0506. The lowest BCUT2D eigenvalue weighted by atomic mass is 10.0. The normalized spacial score (nSPS) is 10.6. The maximum absolute atomic E-state index is 10.9. The predicted octanol–water partition coefficient (Wildman–Crippen LogP) is 6.16. The summed E-state index contributed by atoms with van der Waals surface area (Å²) in [6, 6.07) is 0. The fourth-order valence-corrected chi connectivity index (χ4v) is 2.78. The molecule has 0 unspecified atom stereocenters. The van der Waals surface area contributed by atoms with Crippen molar-refractivity contribution < 1.29 is 4.79 Å². The maximum Gasteiger partial charge on any atom is 0.243 e. The number of nitrogens with one attached hydrogen (secondary N) is 1. The van der Waals surface area contributed by atoms with Gasteiger partial charge in [-0.1, -0.05) is 103 Å². The number of carbonyl (C=O) groups is 1. The molecule has 130 valence electrons. The number of amides is 1. The molecule has 0 aliphatic rings. The summed E-state index contributed by atoms with van der Waals surface area (Å²) in [5, 5.41) is 2.82. The Kier molecular flexibility index (Phi) is 17.6. The first-order valence-electron chi connectivity index (χ1n) is 9.71. The Hall–Kier alpha value is -0.790. The highest BCUT2D eigenvalue weighted by Gasteiger charge is 1.95. The van der Waals surface area contributed by atoms with E-state index in [0.29, 0.717) is 0 Å². The Labute approximate surface area is 139 Å². The van der Waals surface area contributed by atoms with E-state index in [4.69, 9.17) is 0 Å². The lowest BCUT2D eigenvalue weighted by molar-refractivity contribution is -0.116. The van der Waals surface area contributed by atoms with Gasteiger partial charge < -0.3 is 5.32 Å². The summed E-state index contributed by atoms with van der Waals surface area (Å²) in [6.07, 6.45) is 22.0. The molecule has 0 aromatic heterocycles. The van der Waals surface area contributed by atoms with Crippen molar-refractivity contribution in [3.8, 4) is 0 Å². The average Bonchev–Trinajstić information content (AvgIpc) is 2.54. The van der Waals surface area contributed by atoms with Crippen LogP contribution in [0.3, 0.4) is 0 Å². The number of hydrogen-bond acceptors (Lipinski definition) is 1. The topological polar surface area (TPSA) is 29.1 Å². The molecule has 0 saturated heterocycles. The molecule has 0 rings (SSSR count). The zero-order chi connectivity index (χ0) is 16.3. The number of rotatable bonds is 17. The van der Waals surface area contributed by atoms with Crippen molar-refractivity contribution in [2.75, 3.05) is 6.54 Å². The van der Waals surface area contributed by atoms with Gasteiger partial charge in [-0.25, -0.2) is 0 Å². The second kappa shape index (κ2) is 18.3. The summed E-state index contributed by atoms with van der Waals surface area (Å²) >= 11 is 0. The molecule has 0 aliphatic carbocycles. The lowest BCUT2D eigenvalue weighted by Gasteiger charge is -2.04. The van der Waals surface area contributed by atoms with E-state index in [1.165, 1.54) is 96.0 Å². The van der Waals surface area contributed by atoms with Crippen LogP contribution in [0.15, 0.2) is 12.7 Å². The highest BCUT2D eigenvalue weighted by molar-refractivity contribution is 5.86. The SMILES string of the molecule is C=CC(=O)NCCCCCCCCCCCCCCCCC. The summed E-state index contributed by atoms with van der Waals surface area (Å²) < 4.78 is 0. The van der Waals surface area contributed by atoms with Crippen LogP contribution in [0.1, 0.15) is 103 Å². The Balaban J connectivity index is 2.99. The van der Waals surface area contributed by atoms with Gasteiger partial charge in [-0.05, 0) is 12.5 Å². The fourth-order valence-electron chi connectivity index (χ4n) is 2.78. The molecule has 22 heavy (non-hydrogen) atoms. The Morgan fingerprint density at radius 1 is 0.727 bits per heavy atom. The van der Waals surface area contributed by atoms with Gasteiger partial charge in [0.05, 0.1) is 0 Å². The summed E-state index contributed by atoms with van der Waals surface area (Å²) in [5.41, 5.74) is 0. The number of unbranched alkanes of at least 4 members (excludes halogenated alkanes) is 14. The van der Waals surface area contributed by atoms with Crippen LogP contribution in [0, 0.1) is 0 Å². The van der Waals surface area contributed by atoms with Gasteiger partial charge in [-0.2, -0.15) is 0 Å². The number of carbonyl (C=O) groups excluding carboxylic acids is 1. The van der Waals surface area contributed by atoms with E-state index in [0.717, 1.165) is 13.0 Å². The van der Waals surface area contributed by atoms with E-state index >= 15 is 0 Å². The van der Waals surface area contributed by atoms with Crippen molar-refractivity contribution in [3.63, 3.8) is 0 Å². The van der Waals surface area contributed by atoms with Gasteiger partial charge >= 0.3 is 0 Å². The van der Waals surface area contributed by atoms with Gasteiger partial charge in [0.1, 0.15) is 0 Å². The van der Waals surface area contributed by atoms with Crippen molar-refractivity contribution in [3.05, 3.63) is 12.7 Å². The quantitative estimate of drug-likeness (QED) is 0.253. The molecule has 2 nitrogen and oxygen atoms in total. The second-order valence-corrected chi connectivity index (χ2v) is 6.44. The molecule has 2 heteroatoms. The molecule has 0 radical (unpaired) electrons. The molecule has 0 bridgehead atoms. The van der Waals surface area contributed by atoms with E-state index in [-0.39, 0.29) is 5.91 Å². The molecule has 0 fully saturated rings. The minimum absolute atomic E-state index is 0.0506. The molecule has 0 aliphatic heterocycles. The smallest absolute Gasteiger partial charge is 0.243 e. The third-order valence-electron chi connectivity index (χ3n) is 4.26. The Morgan fingerprint density at radius 2 is 1.09 bits per heavy atom. The van der Waals surface area contributed by atoms with Crippen LogP contribution < -0.4 is 5.32 Å². The van der Waals surface area contributed by atoms with E-state index in [9.17, 15) is 4.79 Å². The molecule has 0 spiro atoms. The summed E-state index contributed by atoms with van der Waals surface area (Å²) in [7, 11) is 0. The summed E-state index contributed by atoms with van der Waals surface area (Å²) in [4.78, 5) is 10.9. The van der Waals surface area contributed by atoms with Gasteiger partial charge in [-0.15, -0.1) is 0 Å². The largest absolute Gasteiger partial charge is 0.353 e. The Bertz CT molecular complexity index is 250. The molecule has 0 aromatic carbocycles. The number of hydrogen-bond donors (Lipinski definition) is 1. The van der Waals surface area contributed by atoms with Gasteiger partial charge in [-0.3, -0.25) is 4.79 Å². The van der Waals surface area contributed by atoms with E-state index in [2.05, 4.69) is 18.8 Å². The highest BCUT2D eigenvalue weighted by Crippen LogP contribution is 2.13. The molecule has 0 atom stereocenters. The lowest BCUT2D eigenvalue weighted by Crippen LogP contribution is -2.21. The summed E-state index contributed by atoms with van der Waals surface area (Å²) in [5.74, 6) is -0.0506. The van der Waals surface area contributed by atoms with Crippen LogP contribution in [0.4, 0.5) is 0 Å². The van der Waals surface area contributed by atoms with Gasteiger partial charge in [0.2, 0.25) is 5.91 Å². The van der Waals surface area contributed by atoms with Gasteiger partial charge in [0.15, 0.2) is 0 Å². The van der Waals surface area contributed by atoms with Crippen LogP contribution >= 0.6 is 0 Å². The first kappa shape index (κ1) is 21.2. The molecule has 0 heterocycles. The first-order valence-corrected chi connectivity index (χ1v) is 9.71. The van der Waals surface area contributed by atoms with Crippen molar-refractivity contribution in [2.24, 2.45) is 0 Å². The van der Waals surface area contributed by atoms with Crippen molar-refractivity contribution >= 4 is 5.91 Å². The first-order chi connectivity index (χ1) is 10.8. The van der Waals surface area contributed by atoms with E-state index in [1.807, 2.05) is 0 Å². The van der Waals surface area contributed by atoms with Crippen LogP contribution in [0.25, 0.3) is 0 Å².